The van der Waals surface area contributed by atoms with Gasteiger partial charge in [-0.3, -0.25) is 9.69 Å². The lowest BCUT2D eigenvalue weighted by Crippen LogP contribution is -2.46. The highest BCUT2D eigenvalue weighted by Gasteiger charge is 2.27. The Balaban J connectivity index is 2.60. The molecule has 0 aromatic carbocycles. The number of nitriles is 1. The number of nitrogens with zero attached hydrogens (tertiary/aromatic N) is 3. The summed E-state index contributed by atoms with van der Waals surface area (Å²) in [6, 6.07) is 1.83. The van der Waals surface area contributed by atoms with E-state index in [1.165, 1.54) is 0 Å². The van der Waals surface area contributed by atoms with Crippen molar-refractivity contribution >= 4 is 5.91 Å². The van der Waals surface area contributed by atoms with Crippen molar-refractivity contribution in [2.45, 2.75) is 18.9 Å². The molecule has 5 heteroatoms. The summed E-state index contributed by atoms with van der Waals surface area (Å²) in [5.41, 5.74) is 0. The van der Waals surface area contributed by atoms with Crippen LogP contribution in [0.4, 0.5) is 0 Å². The van der Waals surface area contributed by atoms with Gasteiger partial charge >= 0.3 is 0 Å². The van der Waals surface area contributed by atoms with Gasteiger partial charge in [0, 0.05) is 26.2 Å². The first-order valence-electron chi connectivity index (χ1n) is 5.68. The Morgan fingerprint density at radius 2 is 2.38 bits per heavy atom. The van der Waals surface area contributed by atoms with Crippen molar-refractivity contribution in [2.75, 3.05) is 40.3 Å². The summed E-state index contributed by atoms with van der Waals surface area (Å²) in [4.78, 5) is 15.9. The van der Waals surface area contributed by atoms with Gasteiger partial charge in [-0.05, 0) is 20.5 Å². The third-order valence-corrected chi connectivity index (χ3v) is 2.78. The third-order valence-electron chi connectivity index (χ3n) is 2.78. The minimum absolute atomic E-state index is 0.00203. The molecule has 1 aliphatic rings. The number of nitrogens with one attached hydrogen (secondary N) is 1. The quantitative estimate of drug-likeness (QED) is 0.709. The molecule has 1 saturated heterocycles. The largest absolute Gasteiger partial charge is 0.355 e. The summed E-state index contributed by atoms with van der Waals surface area (Å²) in [6.45, 7) is 3.36. The van der Waals surface area contributed by atoms with Crippen molar-refractivity contribution in [1.29, 1.82) is 5.26 Å². The van der Waals surface area contributed by atoms with E-state index in [2.05, 4.69) is 21.2 Å². The van der Waals surface area contributed by atoms with E-state index in [9.17, 15) is 4.79 Å². The normalized spacial score (nSPS) is 22.6. The summed E-state index contributed by atoms with van der Waals surface area (Å²) >= 11 is 0. The van der Waals surface area contributed by atoms with E-state index in [0.717, 1.165) is 32.6 Å². The zero-order valence-corrected chi connectivity index (χ0v) is 10.1. The predicted molar refractivity (Wildman–Crippen MR) is 61.8 cm³/mol. The molecule has 1 aliphatic heterocycles. The summed E-state index contributed by atoms with van der Waals surface area (Å²) in [5, 5.41) is 11.6. The lowest BCUT2D eigenvalue weighted by molar-refractivity contribution is -0.125. The lowest BCUT2D eigenvalue weighted by atomic mass is 10.1. The molecule has 5 nitrogen and oxygen atoms in total. The van der Waals surface area contributed by atoms with Crippen LogP contribution in [0.15, 0.2) is 0 Å². The van der Waals surface area contributed by atoms with Crippen LogP contribution in [0.3, 0.4) is 0 Å². The van der Waals surface area contributed by atoms with Crippen LogP contribution >= 0.6 is 0 Å². The van der Waals surface area contributed by atoms with E-state index in [4.69, 9.17) is 5.26 Å². The maximum absolute atomic E-state index is 11.7. The first-order valence-corrected chi connectivity index (χ1v) is 5.68. The Bertz CT molecular complexity index is 272. The smallest absolute Gasteiger partial charge is 0.238 e. The highest BCUT2D eigenvalue weighted by Crippen LogP contribution is 2.08. The zero-order chi connectivity index (χ0) is 12.0. The Labute approximate surface area is 97.0 Å². The van der Waals surface area contributed by atoms with Gasteiger partial charge in [-0.25, -0.2) is 0 Å². The van der Waals surface area contributed by atoms with Crippen LogP contribution in [-0.4, -0.2) is 62.0 Å². The van der Waals surface area contributed by atoms with Gasteiger partial charge in [0.15, 0.2) is 0 Å². The number of carbonyl (C=O) groups is 1. The molecule has 90 valence electrons. The van der Waals surface area contributed by atoms with Crippen molar-refractivity contribution in [3.05, 3.63) is 0 Å². The number of amides is 1. The average molecular weight is 224 g/mol. The second-order valence-electron chi connectivity index (χ2n) is 4.36. The first-order chi connectivity index (χ1) is 7.65. The SMILES string of the molecule is CN(C)CCN1CCCNC(=O)C1CC#N. The maximum Gasteiger partial charge on any atom is 0.238 e. The van der Waals surface area contributed by atoms with Crippen molar-refractivity contribution in [1.82, 2.24) is 15.1 Å². The third kappa shape index (κ3) is 3.80. The molecule has 1 amide bonds. The Hall–Kier alpha value is -1.12. The van der Waals surface area contributed by atoms with Gasteiger partial charge < -0.3 is 10.2 Å². The Morgan fingerprint density at radius 1 is 1.62 bits per heavy atom. The average Bonchev–Trinajstić information content (AvgIpc) is 2.40. The number of hydrogen-bond donors (Lipinski definition) is 1. The molecule has 1 fully saturated rings. The van der Waals surface area contributed by atoms with Crippen molar-refractivity contribution in [3.63, 3.8) is 0 Å². The van der Waals surface area contributed by atoms with Gasteiger partial charge in [0.05, 0.1) is 12.5 Å². The van der Waals surface area contributed by atoms with Gasteiger partial charge in [-0.1, -0.05) is 0 Å². The minimum atomic E-state index is -0.271. The topological polar surface area (TPSA) is 59.4 Å². The number of likely N-dealkylation sites (N-methyl/N-ethyl adjacent to an activating group) is 1. The molecule has 1 unspecified atom stereocenters. The molecule has 1 rings (SSSR count). The molecule has 0 aliphatic carbocycles. The Morgan fingerprint density at radius 3 is 3.00 bits per heavy atom. The molecule has 1 atom stereocenters. The summed E-state index contributed by atoms with van der Waals surface area (Å²) < 4.78 is 0. The fourth-order valence-corrected chi connectivity index (χ4v) is 1.84. The highest BCUT2D eigenvalue weighted by molar-refractivity contribution is 5.82. The molecule has 0 spiro atoms. The zero-order valence-electron chi connectivity index (χ0n) is 10.1. The fourth-order valence-electron chi connectivity index (χ4n) is 1.84. The van der Waals surface area contributed by atoms with Crippen LogP contribution in [0.2, 0.25) is 0 Å². The summed E-state index contributed by atoms with van der Waals surface area (Å²) in [5.74, 6) is -0.00203. The van der Waals surface area contributed by atoms with Crippen molar-refractivity contribution < 1.29 is 4.79 Å². The molecular weight excluding hydrogens is 204 g/mol. The van der Waals surface area contributed by atoms with E-state index in [0.29, 0.717) is 0 Å². The van der Waals surface area contributed by atoms with Gasteiger partial charge in [-0.15, -0.1) is 0 Å². The van der Waals surface area contributed by atoms with Crippen LogP contribution in [0.1, 0.15) is 12.8 Å². The predicted octanol–water partition coefficient (Wildman–Crippen LogP) is -0.348. The molecule has 0 bridgehead atoms. The number of rotatable bonds is 4. The monoisotopic (exact) mass is 224 g/mol. The first kappa shape index (κ1) is 12.9. The molecular formula is C11H20N4O. The van der Waals surface area contributed by atoms with E-state index < -0.39 is 0 Å². The van der Waals surface area contributed by atoms with Crippen molar-refractivity contribution in [2.24, 2.45) is 0 Å². The fraction of sp³-hybridized carbons (Fsp3) is 0.818. The van der Waals surface area contributed by atoms with E-state index in [1.54, 1.807) is 0 Å². The number of carbonyl (C=O) groups excluding carboxylic acids is 1. The molecule has 0 aromatic rings. The standard InChI is InChI=1S/C11H20N4O/c1-14(2)8-9-15-7-3-6-13-11(16)10(15)4-5-12/h10H,3-4,6-9H2,1-2H3,(H,13,16). The highest BCUT2D eigenvalue weighted by atomic mass is 16.2. The van der Waals surface area contributed by atoms with E-state index >= 15 is 0 Å². The van der Waals surface area contributed by atoms with Crippen LogP contribution in [-0.2, 0) is 4.79 Å². The maximum atomic E-state index is 11.7. The second kappa shape index (κ2) is 6.46. The minimum Gasteiger partial charge on any atom is -0.355 e. The molecule has 0 aromatic heterocycles. The van der Waals surface area contributed by atoms with E-state index in [1.807, 2.05) is 14.1 Å². The van der Waals surface area contributed by atoms with Crippen LogP contribution in [0.5, 0.6) is 0 Å². The van der Waals surface area contributed by atoms with Gasteiger partial charge in [-0.2, -0.15) is 5.26 Å². The molecule has 0 saturated carbocycles. The molecule has 1 N–H and O–H groups in total. The van der Waals surface area contributed by atoms with Gasteiger partial charge in [0.2, 0.25) is 5.91 Å². The van der Waals surface area contributed by atoms with Gasteiger partial charge in [0.25, 0.3) is 0 Å². The molecule has 16 heavy (non-hydrogen) atoms. The lowest BCUT2D eigenvalue weighted by Gasteiger charge is -2.27. The second-order valence-corrected chi connectivity index (χ2v) is 4.36. The van der Waals surface area contributed by atoms with Gasteiger partial charge in [0.1, 0.15) is 6.04 Å². The van der Waals surface area contributed by atoms with Crippen LogP contribution in [0, 0.1) is 11.3 Å². The summed E-state index contributed by atoms with van der Waals surface area (Å²) in [7, 11) is 4.02. The summed E-state index contributed by atoms with van der Waals surface area (Å²) in [6.07, 6.45) is 1.24. The number of hydrogen-bond acceptors (Lipinski definition) is 4. The van der Waals surface area contributed by atoms with Crippen molar-refractivity contribution in [3.8, 4) is 6.07 Å². The molecule has 1 heterocycles. The van der Waals surface area contributed by atoms with Crippen LogP contribution in [0.25, 0.3) is 0 Å². The Kier molecular flexibility index (Phi) is 5.23. The van der Waals surface area contributed by atoms with Crippen LogP contribution < -0.4 is 5.32 Å². The van der Waals surface area contributed by atoms with E-state index in [-0.39, 0.29) is 18.4 Å². The molecule has 0 radical (unpaired) electrons.